The van der Waals surface area contributed by atoms with Crippen molar-refractivity contribution in [1.29, 1.82) is 0 Å². The summed E-state index contributed by atoms with van der Waals surface area (Å²) >= 11 is 0. The maximum Gasteiger partial charge on any atom is 0.433 e. The Morgan fingerprint density at radius 1 is 1.14 bits per heavy atom. The lowest BCUT2D eigenvalue weighted by molar-refractivity contribution is -0.142. The molecule has 35 heavy (non-hydrogen) atoms. The van der Waals surface area contributed by atoms with Crippen LogP contribution in [0.25, 0.3) is 5.82 Å². The van der Waals surface area contributed by atoms with Gasteiger partial charge in [-0.25, -0.2) is 19.1 Å². The molecule has 0 fully saturated rings. The Hall–Kier alpha value is -4.09. The summed E-state index contributed by atoms with van der Waals surface area (Å²) in [5.74, 6) is -1.98. The summed E-state index contributed by atoms with van der Waals surface area (Å²) in [6, 6.07) is 7.57. The summed E-state index contributed by atoms with van der Waals surface area (Å²) in [6.07, 6.45) is -3.64. The van der Waals surface area contributed by atoms with Crippen LogP contribution < -0.4 is 5.32 Å². The third-order valence-electron chi connectivity index (χ3n) is 5.58. The fourth-order valence-corrected chi connectivity index (χ4v) is 3.77. The predicted octanol–water partition coefficient (Wildman–Crippen LogP) is 4.19. The molecule has 0 atom stereocenters. The quantitative estimate of drug-likeness (QED) is 0.558. The van der Waals surface area contributed by atoms with E-state index in [1.165, 1.54) is 25.2 Å². The number of alkyl halides is 3. The van der Waals surface area contributed by atoms with Gasteiger partial charge in [-0.3, -0.25) is 9.59 Å². The summed E-state index contributed by atoms with van der Waals surface area (Å²) in [5, 5.41) is 11.7. The first-order valence-electron chi connectivity index (χ1n) is 10.4. The maximum atomic E-state index is 14.1. The topological polar surface area (TPSA) is 92.5 Å². The van der Waals surface area contributed by atoms with Crippen molar-refractivity contribution in [2.75, 3.05) is 12.4 Å². The molecule has 4 rings (SSSR count). The molecule has 0 unspecified atom stereocenters. The van der Waals surface area contributed by atoms with Gasteiger partial charge < -0.3 is 5.32 Å². The van der Waals surface area contributed by atoms with Gasteiger partial charge in [0.1, 0.15) is 17.2 Å². The van der Waals surface area contributed by atoms with Crippen molar-refractivity contribution >= 4 is 23.2 Å². The maximum absolute atomic E-state index is 14.1. The van der Waals surface area contributed by atoms with E-state index in [9.17, 15) is 27.2 Å². The molecular formula is C23H20F4N6O2. The van der Waals surface area contributed by atoms with Crippen LogP contribution in [-0.4, -0.2) is 44.3 Å². The van der Waals surface area contributed by atoms with Crippen molar-refractivity contribution < 1.29 is 27.2 Å². The van der Waals surface area contributed by atoms with Crippen LogP contribution in [0.15, 0.2) is 47.7 Å². The van der Waals surface area contributed by atoms with Gasteiger partial charge in [-0.05, 0) is 50.6 Å². The first-order valence-corrected chi connectivity index (χ1v) is 10.4. The van der Waals surface area contributed by atoms with E-state index in [-0.39, 0.29) is 34.4 Å². The van der Waals surface area contributed by atoms with E-state index in [4.69, 9.17) is 0 Å². The second kappa shape index (κ2) is 8.29. The molecule has 1 aliphatic rings. The molecule has 0 bridgehead atoms. The first-order chi connectivity index (χ1) is 16.3. The zero-order chi connectivity index (χ0) is 25.7. The van der Waals surface area contributed by atoms with Crippen molar-refractivity contribution in [3.8, 4) is 5.82 Å². The number of nitrogens with zero attached hydrogens (tertiary/aromatic N) is 5. The Bertz CT molecular complexity index is 1340. The van der Waals surface area contributed by atoms with E-state index in [1.807, 2.05) is 0 Å². The third-order valence-corrected chi connectivity index (χ3v) is 5.58. The number of hydrogen-bond donors (Lipinski definition) is 1. The molecule has 0 saturated carbocycles. The van der Waals surface area contributed by atoms with Crippen LogP contribution in [0.5, 0.6) is 0 Å². The second-order valence-corrected chi connectivity index (χ2v) is 8.52. The number of anilines is 1. The van der Waals surface area contributed by atoms with Crippen LogP contribution in [0.2, 0.25) is 0 Å². The lowest BCUT2D eigenvalue weighted by Crippen LogP contribution is -2.33. The average molecular weight is 488 g/mol. The first kappa shape index (κ1) is 24.0. The minimum atomic E-state index is -4.78. The SMILES string of the molecule is Cc1cccc(F)c1C(=O)Nc1ccc(-n2nc(C3=NN(C)C(=O)C3(C)C)cc2C(F)(F)F)nc1. The summed E-state index contributed by atoms with van der Waals surface area (Å²) in [6.45, 7) is 4.68. The normalized spacial score (nSPS) is 15.4. The smallest absolute Gasteiger partial charge is 0.320 e. The third kappa shape index (κ3) is 4.27. The minimum absolute atomic E-state index is 0.0957. The summed E-state index contributed by atoms with van der Waals surface area (Å²) in [4.78, 5) is 28.8. The Morgan fingerprint density at radius 3 is 2.40 bits per heavy atom. The Labute approximate surface area is 197 Å². The number of aromatic nitrogens is 3. The zero-order valence-electron chi connectivity index (χ0n) is 19.1. The van der Waals surface area contributed by atoms with Crippen LogP contribution in [0, 0.1) is 18.2 Å². The van der Waals surface area contributed by atoms with E-state index in [0.717, 1.165) is 23.3 Å². The number of rotatable bonds is 4. The molecule has 1 N–H and O–H groups in total. The average Bonchev–Trinajstić information content (AvgIpc) is 3.30. The van der Waals surface area contributed by atoms with Crippen LogP contribution >= 0.6 is 0 Å². The molecule has 8 nitrogen and oxygen atoms in total. The van der Waals surface area contributed by atoms with E-state index in [0.29, 0.717) is 10.2 Å². The van der Waals surface area contributed by atoms with E-state index < -0.39 is 29.0 Å². The monoisotopic (exact) mass is 488 g/mol. The fourth-order valence-electron chi connectivity index (χ4n) is 3.77. The zero-order valence-corrected chi connectivity index (χ0v) is 19.1. The number of amides is 2. The lowest BCUT2D eigenvalue weighted by Gasteiger charge is -2.16. The number of benzene rings is 1. The van der Waals surface area contributed by atoms with Gasteiger partial charge in [-0.1, -0.05) is 12.1 Å². The van der Waals surface area contributed by atoms with Crippen molar-refractivity contribution in [3.05, 3.63) is 70.9 Å². The number of pyridine rings is 1. The number of hydrazone groups is 1. The highest BCUT2D eigenvalue weighted by Gasteiger charge is 2.45. The molecule has 3 aromatic rings. The van der Waals surface area contributed by atoms with Crippen molar-refractivity contribution in [2.24, 2.45) is 10.5 Å². The fraction of sp³-hybridized carbons (Fsp3) is 0.261. The molecule has 0 aliphatic carbocycles. The minimum Gasteiger partial charge on any atom is -0.320 e. The molecule has 2 amide bonds. The van der Waals surface area contributed by atoms with Gasteiger partial charge in [0.2, 0.25) is 0 Å². The molecule has 0 saturated heterocycles. The van der Waals surface area contributed by atoms with E-state index in [2.05, 4.69) is 20.5 Å². The second-order valence-electron chi connectivity index (χ2n) is 8.52. The summed E-state index contributed by atoms with van der Waals surface area (Å²) in [7, 11) is 1.41. The van der Waals surface area contributed by atoms with E-state index in [1.54, 1.807) is 26.8 Å². The van der Waals surface area contributed by atoms with Crippen molar-refractivity contribution in [3.63, 3.8) is 0 Å². The van der Waals surface area contributed by atoms with Crippen LogP contribution in [-0.2, 0) is 11.0 Å². The summed E-state index contributed by atoms with van der Waals surface area (Å²) in [5.41, 5.74) is -1.87. The highest BCUT2D eigenvalue weighted by atomic mass is 19.4. The molecule has 2 aromatic heterocycles. The Balaban J connectivity index is 1.67. The van der Waals surface area contributed by atoms with Gasteiger partial charge >= 0.3 is 6.18 Å². The molecule has 0 radical (unpaired) electrons. The number of hydrogen-bond acceptors (Lipinski definition) is 5. The highest BCUT2D eigenvalue weighted by Crippen LogP contribution is 2.35. The number of halogens is 4. The molecule has 0 spiro atoms. The predicted molar refractivity (Wildman–Crippen MR) is 119 cm³/mol. The molecular weight excluding hydrogens is 468 g/mol. The van der Waals surface area contributed by atoms with Gasteiger partial charge in [-0.15, -0.1) is 0 Å². The molecule has 1 aromatic carbocycles. The Kier molecular flexibility index (Phi) is 5.70. The molecule has 12 heteroatoms. The lowest BCUT2D eigenvalue weighted by atomic mass is 9.85. The van der Waals surface area contributed by atoms with Gasteiger partial charge in [0.25, 0.3) is 11.8 Å². The van der Waals surface area contributed by atoms with E-state index >= 15 is 0 Å². The van der Waals surface area contributed by atoms with Crippen LogP contribution in [0.4, 0.5) is 23.2 Å². The summed E-state index contributed by atoms with van der Waals surface area (Å²) < 4.78 is 56.0. The van der Waals surface area contributed by atoms with Gasteiger partial charge in [0, 0.05) is 7.05 Å². The number of aryl methyl sites for hydroxylation is 1. The van der Waals surface area contributed by atoms with Gasteiger partial charge in [-0.2, -0.15) is 23.4 Å². The Morgan fingerprint density at radius 2 is 1.86 bits per heavy atom. The van der Waals surface area contributed by atoms with Gasteiger partial charge in [0.15, 0.2) is 11.5 Å². The van der Waals surface area contributed by atoms with Gasteiger partial charge in [0.05, 0.1) is 22.9 Å². The molecule has 3 heterocycles. The molecule has 182 valence electrons. The highest BCUT2D eigenvalue weighted by molar-refractivity contribution is 6.18. The largest absolute Gasteiger partial charge is 0.433 e. The number of carbonyl (C=O) groups excluding carboxylic acids is 2. The number of carbonyl (C=O) groups is 2. The standard InChI is InChI=1S/C23H20F4N6O2/c1-12-6-5-7-14(24)18(12)20(34)29-13-8-9-17(28-11-13)33-16(23(25,26)27)10-15(30-33)19-22(2,3)21(35)32(4)31-19/h5-11H,1-4H3,(H,29,34). The van der Waals surface area contributed by atoms with Crippen molar-refractivity contribution in [1.82, 2.24) is 19.8 Å². The van der Waals surface area contributed by atoms with Crippen molar-refractivity contribution in [2.45, 2.75) is 26.9 Å². The number of nitrogens with one attached hydrogen (secondary N) is 1. The van der Waals surface area contributed by atoms with Crippen LogP contribution in [0.1, 0.15) is 41.2 Å². The molecule has 1 aliphatic heterocycles. The van der Waals surface area contributed by atoms with Crippen LogP contribution in [0.3, 0.4) is 0 Å².